The zero-order valence-corrected chi connectivity index (χ0v) is 7.93. The minimum absolute atomic E-state index is 0.00463. The largest absolute Gasteiger partial charge is 0.506 e. The van der Waals surface area contributed by atoms with E-state index in [9.17, 15) is 19.5 Å². The summed E-state index contributed by atoms with van der Waals surface area (Å²) in [5, 5.41) is 9.48. The maximum Gasteiger partial charge on any atom is 0.338 e. The zero-order valence-electron chi connectivity index (χ0n) is 7.93. The number of rotatable bonds is 1. The number of aromatic amines is 2. The number of nitrogens with zero attached hydrogens (tertiary/aromatic N) is 1. The highest BCUT2D eigenvalue weighted by Crippen LogP contribution is 2.16. The van der Waals surface area contributed by atoms with Gasteiger partial charge in [0, 0.05) is 0 Å². The lowest BCUT2D eigenvalue weighted by Gasteiger charge is -2.04. The number of para-hydroxylation sites is 2. The lowest BCUT2D eigenvalue weighted by Crippen LogP contribution is -2.42. The van der Waals surface area contributed by atoms with Crippen molar-refractivity contribution in [3.8, 4) is 11.4 Å². The molecular formula is C9H7N3O4. The smallest absolute Gasteiger partial charge is 0.338 e. The summed E-state index contributed by atoms with van der Waals surface area (Å²) in [4.78, 5) is 37.4. The summed E-state index contributed by atoms with van der Waals surface area (Å²) in [6.45, 7) is 0. The minimum atomic E-state index is -0.907. The molecule has 0 aliphatic rings. The van der Waals surface area contributed by atoms with Crippen LogP contribution in [0.2, 0.25) is 0 Å². The van der Waals surface area contributed by atoms with E-state index in [2.05, 4.69) is 0 Å². The van der Waals surface area contributed by atoms with Gasteiger partial charge in [-0.1, -0.05) is 12.1 Å². The molecule has 1 aromatic carbocycles. The second kappa shape index (κ2) is 3.54. The van der Waals surface area contributed by atoms with Crippen molar-refractivity contribution in [3.63, 3.8) is 0 Å². The van der Waals surface area contributed by atoms with Crippen molar-refractivity contribution >= 4 is 0 Å². The van der Waals surface area contributed by atoms with Crippen molar-refractivity contribution < 1.29 is 5.11 Å². The molecule has 0 saturated carbocycles. The number of phenols is 1. The Balaban J connectivity index is 2.86. The second-order valence-electron chi connectivity index (χ2n) is 3.01. The van der Waals surface area contributed by atoms with Gasteiger partial charge in [-0.2, -0.15) is 0 Å². The fourth-order valence-electron chi connectivity index (χ4n) is 1.30. The first-order valence-electron chi connectivity index (χ1n) is 4.33. The number of benzene rings is 1. The van der Waals surface area contributed by atoms with E-state index in [4.69, 9.17) is 0 Å². The Labute approximate surface area is 87.6 Å². The molecule has 16 heavy (non-hydrogen) atoms. The van der Waals surface area contributed by atoms with Crippen LogP contribution in [0.1, 0.15) is 0 Å². The molecule has 1 aromatic heterocycles. The number of hydrogen-bond acceptors (Lipinski definition) is 4. The lowest BCUT2D eigenvalue weighted by atomic mass is 10.3. The van der Waals surface area contributed by atoms with Gasteiger partial charge in [-0.3, -0.25) is 9.97 Å². The van der Waals surface area contributed by atoms with Gasteiger partial charge in [0.05, 0.1) is 5.69 Å². The van der Waals surface area contributed by atoms with Crippen LogP contribution in [0.15, 0.2) is 38.6 Å². The summed E-state index contributed by atoms with van der Waals surface area (Å²) >= 11 is 0. The van der Waals surface area contributed by atoms with E-state index >= 15 is 0 Å². The maximum atomic E-state index is 11.4. The summed E-state index contributed by atoms with van der Waals surface area (Å²) in [5.74, 6) is -0.234. The Morgan fingerprint density at radius 1 is 1.00 bits per heavy atom. The van der Waals surface area contributed by atoms with E-state index < -0.39 is 17.1 Å². The lowest BCUT2D eigenvalue weighted by molar-refractivity contribution is 0.470. The number of aromatic nitrogens is 3. The number of phenolic OH excluding ortho intramolecular Hbond substituents is 1. The van der Waals surface area contributed by atoms with Crippen LogP contribution in [0.5, 0.6) is 5.75 Å². The molecule has 0 amide bonds. The van der Waals surface area contributed by atoms with Crippen LogP contribution < -0.4 is 17.1 Å². The van der Waals surface area contributed by atoms with Gasteiger partial charge in [-0.15, -0.1) is 0 Å². The molecule has 0 saturated heterocycles. The van der Waals surface area contributed by atoms with Crippen molar-refractivity contribution in [1.82, 2.24) is 14.5 Å². The molecular weight excluding hydrogens is 214 g/mol. The Bertz CT molecular complexity index is 660. The average Bonchev–Trinajstić information content (AvgIpc) is 2.19. The number of hydrogen-bond donors (Lipinski definition) is 3. The molecule has 7 heteroatoms. The van der Waals surface area contributed by atoms with E-state index in [1.165, 1.54) is 12.1 Å². The Morgan fingerprint density at radius 2 is 1.56 bits per heavy atom. The Kier molecular flexibility index (Phi) is 2.20. The first kappa shape index (κ1) is 9.97. The van der Waals surface area contributed by atoms with Crippen molar-refractivity contribution in [3.05, 3.63) is 55.7 Å². The van der Waals surface area contributed by atoms with E-state index in [1.54, 1.807) is 12.1 Å². The third-order valence-electron chi connectivity index (χ3n) is 1.97. The molecule has 2 aromatic rings. The molecule has 0 unspecified atom stereocenters. The molecule has 2 rings (SSSR count). The van der Waals surface area contributed by atoms with Crippen LogP contribution in [-0.4, -0.2) is 19.6 Å². The van der Waals surface area contributed by atoms with Gasteiger partial charge in [-0.05, 0) is 12.1 Å². The predicted molar refractivity (Wildman–Crippen MR) is 54.9 cm³/mol. The van der Waals surface area contributed by atoms with Gasteiger partial charge in [0.2, 0.25) is 0 Å². The van der Waals surface area contributed by atoms with Crippen molar-refractivity contribution in [2.45, 2.75) is 0 Å². The van der Waals surface area contributed by atoms with Crippen LogP contribution in [-0.2, 0) is 0 Å². The van der Waals surface area contributed by atoms with Gasteiger partial charge in [0.15, 0.2) is 0 Å². The highest BCUT2D eigenvalue weighted by atomic mass is 16.3. The number of aromatic hydroxyl groups is 1. The Hall–Kier alpha value is -2.57. The first-order chi connectivity index (χ1) is 7.59. The zero-order chi connectivity index (χ0) is 11.7. The van der Waals surface area contributed by atoms with E-state index in [-0.39, 0.29) is 11.4 Å². The highest BCUT2D eigenvalue weighted by Gasteiger charge is 2.08. The summed E-state index contributed by atoms with van der Waals surface area (Å²) in [6, 6.07) is 5.80. The van der Waals surface area contributed by atoms with E-state index in [0.29, 0.717) is 4.57 Å². The second-order valence-corrected chi connectivity index (χ2v) is 3.01. The third kappa shape index (κ3) is 1.54. The molecule has 0 radical (unpaired) electrons. The summed E-state index contributed by atoms with van der Waals surface area (Å²) in [7, 11) is 0. The molecule has 7 nitrogen and oxygen atoms in total. The molecule has 0 bridgehead atoms. The normalized spacial score (nSPS) is 10.2. The minimum Gasteiger partial charge on any atom is -0.506 e. The molecule has 0 aliphatic carbocycles. The summed E-state index contributed by atoms with van der Waals surface area (Å²) in [5.41, 5.74) is -2.70. The fraction of sp³-hybridized carbons (Fsp3) is 0. The Morgan fingerprint density at radius 3 is 2.12 bits per heavy atom. The van der Waals surface area contributed by atoms with Crippen LogP contribution in [0.4, 0.5) is 0 Å². The van der Waals surface area contributed by atoms with E-state index in [0.717, 1.165) is 0 Å². The molecule has 1 heterocycles. The molecule has 0 atom stereocenters. The average molecular weight is 221 g/mol. The molecule has 3 N–H and O–H groups in total. The van der Waals surface area contributed by atoms with Crippen molar-refractivity contribution in [2.24, 2.45) is 0 Å². The van der Waals surface area contributed by atoms with Gasteiger partial charge in [0.1, 0.15) is 5.75 Å². The predicted octanol–water partition coefficient (Wildman–Crippen LogP) is -1.08. The number of H-pyrrole nitrogens is 2. The summed E-state index contributed by atoms with van der Waals surface area (Å²) < 4.78 is 0.636. The molecule has 82 valence electrons. The topological polar surface area (TPSA) is 108 Å². The van der Waals surface area contributed by atoms with E-state index in [1.807, 2.05) is 9.97 Å². The van der Waals surface area contributed by atoms with Crippen LogP contribution in [0.25, 0.3) is 5.69 Å². The molecule has 0 aliphatic heterocycles. The van der Waals surface area contributed by atoms with Crippen LogP contribution in [0, 0.1) is 0 Å². The number of nitrogens with one attached hydrogen (secondary N) is 2. The van der Waals surface area contributed by atoms with Gasteiger partial charge < -0.3 is 5.11 Å². The standard InChI is InChI=1S/C9H7N3O4/c13-6-4-2-1-3-5(6)12-8(15)10-7(14)11-9(12)16/h1-4,13H,(H2,10,11,14,15,16). The SMILES string of the molecule is O=c1[nH]c(=O)n(-c2ccccc2O)c(=O)[nH]1. The third-order valence-corrected chi connectivity index (χ3v) is 1.97. The molecule has 0 fully saturated rings. The quantitative estimate of drug-likeness (QED) is 0.569. The maximum absolute atomic E-state index is 11.4. The monoisotopic (exact) mass is 221 g/mol. The van der Waals surface area contributed by atoms with Gasteiger partial charge >= 0.3 is 17.1 Å². The van der Waals surface area contributed by atoms with Crippen molar-refractivity contribution in [2.75, 3.05) is 0 Å². The van der Waals surface area contributed by atoms with Crippen LogP contribution >= 0.6 is 0 Å². The van der Waals surface area contributed by atoms with Crippen molar-refractivity contribution in [1.29, 1.82) is 0 Å². The summed E-state index contributed by atoms with van der Waals surface area (Å²) in [6.07, 6.45) is 0. The van der Waals surface area contributed by atoms with Gasteiger partial charge in [0.25, 0.3) is 0 Å². The molecule has 0 spiro atoms. The fourth-order valence-corrected chi connectivity index (χ4v) is 1.30. The van der Waals surface area contributed by atoms with Crippen LogP contribution in [0.3, 0.4) is 0 Å². The first-order valence-corrected chi connectivity index (χ1v) is 4.33. The van der Waals surface area contributed by atoms with Gasteiger partial charge in [-0.25, -0.2) is 19.0 Å². The highest BCUT2D eigenvalue weighted by molar-refractivity contribution is 5.44.